The van der Waals surface area contributed by atoms with E-state index >= 15 is 0 Å². The van der Waals surface area contributed by atoms with Crippen molar-refractivity contribution in [2.45, 2.75) is 25.3 Å². The molecular formula is C28H29FN4O3. The summed E-state index contributed by atoms with van der Waals surface area (Å²) in [6.45, 7) is 3.18. The molecule has 0 amide bonds. The maximum absolute atomic E-state index is 14.4. The Balaban J connectivity index is 1.26. The standard InChI is InChI=1S/C28H29FN4O3/c1-31(2)23-11-13-32(18-23)17-19-4-3-5-20(7-6-19)21-14-24-26(15-21)30-12-10-27(24)36-28-9-8-22(33(34)35)16-25(28)29/h4-10,12,15-16,23H,3,11,13-14,17-18H2,1-2H3. The van der Waals surface area contributed by atoms with Crippen molar-refractivity contribution in [3.8, 4) is 11.5 Å². The first-order valence-corrected chi connectivity index (χ1v) is 12.1. The van der Waals surface area contributed by atoms with Crippen LogP contribution < -0.4 is 4.74 Å². The molecule has 0 bridgehead atoms. The van der Waals surface area contributed by atoms with Gasteiger partial charge in [0.15, 0.2) is 11.6 Å². The molecule has 1 atom stereocenters. The molecule has 2 aliphatic carbocycles. The highest BCUT2D eigenvalue weighted by Crippen LogP contribution is 2.38. The number of ether oxygens (including phenoxy) is 1. The molecule has 0 N–H and O–H groups in total. The quantitative estimate of drug-likeness (QED) is 0.389. The number of likely N-dealkylation sites (N-methyl/N-ethyl adjacent to an activating group) is 1. The second-order valence-corrected chi connectivity index (χ2v) is 9.64. The van der Waals surface area contributed by atoms with Crippen LogP contribution in [0.2, 0.25) is 0 Å². The lowest BCUT2D eigenvalue weighted by molar-refractivity contribution is -0.385. The van der Waals surface area contributed by atoms with Crippen molar-refractivity contribution in [1.82, 2.24) is 14.8 Å². The summed E-state index contributed by atoms with van der Waals surface area (Å²) in [4.78, 5) is 19.6. The molecule has 36 heavy (non-hydrogen) atoms. The number of hydrogen-bond donors (Lipinski definition) is 0. The predicted molar refractivity (Wildman–Crippen MR) is 138 cm³/mol. The van der Waals surface area contributed by atoms with Gasteiger partial charge in [-0.05, 0) is 61.9 Å². The molecule has 8 heteroatoms. The maximum Gasteiger partial charge on any atom is 0.272 e. The zero-order chi connectivity index (χ0) is 25.2. The molecule has 1 fully saturated rings. The summed E-state index contributed by atoms with van der Waals surface area (Å²) in [5.74, 6) is -0.326. The van der Waals surface area contributed by atoms with E-state index in [0.29, 0.717) is 18.2 Å². The third-order valence-electron chi connectivity index (χ3n) is 7.02. The fourth-order valence-electron chi connectivity index (χ4n) is 4.95. The molecule has 1 saturated heterocycles. The summed E-state index contributed by atoms with van der Waals surface area (Å²) in [5, 5.41) is 10.9. The van der Waals surface area contributed by atoms with Crippen LogP contribution in [0, 0.1) is 15.9 Å². The Morgan fingerprint density at radius 1 is 1.22 bits per heavy atom. The number of non-ortho nitro benzene ring substituents is 1. The average Bonchev–Trinajstić information content (AvgIpc) is 3.43. The molecule has 186 valence electrons. The number of aromatic nitrogens is 1. The highest BCUT2D eigenvalue weighted by Gasteiger charge is 2.25. The number of fused-ring (bicyclic) bond motifs is 1. The van der Waals surface area contributed by atoms with Gasteiger partial charge in [0.25, 0.3) is 5.69 Å². The van der Waals surface area contributed by atoms with Gasteiger partial charge in [-0.3, -0.25) is 20.0 Å². The minimum absolute atomic E-state index is 0.0525. The van der Waals surface area contributed by atoms with Crippen LogP contribution in [0.3, 0.4) is 0 Å². The minimum atomic E-state index is -0.774. The second kappa shape index (κ2) is 10.2. The number of likely N-dealkylation sites (tertiary alicyclic amines) is 1. The summed E-state index contributed by atoms with van der Waals surface area (Å²) in [5.41, 5.74) is 4.97. The van der Waals surface area contributed by atoms with Crippen LogP contribution >= 0.6 is 0 Å². The summed E-state index contributed by atoms with van der Waals surface area (Å²) < 4.78 is 20.3. The zero-order valence-electron chi connectivity index (χ0n) is 20.5. The van der Waals surface area contributed by atoms with E-state index in [1.807, 2.05) is 0 Å². The maximum atomic E-state index is 14.4. The zero-order valence-corrected chi connectivity index (χ0v) is 20.5. The predicted octanol–water partition coefficient (Wildman–Crippen LogP) is 5.31. The fourth-order valence-corrected chi connectivity index (χ4v) is 4.95. The molecule has 0 saturated carbocycles. The number of rotatable bonds is 7. The van der Waals surface area contributed by atoms with Crippen LogP contribution in [0.1, 0.15) is 24.1 Å². The Hall–Kier alpha value is -3.62. The Bertz CT molecular complexity index is 1310. The van der Waals surface area contributed by atoms with E-state index in [4.69, 9.17) is 4.74 Å². The van der Waals surface area contributed by atoms with Crippen LogP contribution in [0.25, 0.3) is 6.08 Å². The van der Waals surface area contributed by atoms with Gasteiger partial charge in [0.2, 0.25) is 0 Å². The molecule has 5 rings (SSSR count). The first-order chi connectivity index (χ1) is 17.4. The van der Waals surface area contributed by atoms with E-state index in [9.17, 15) is 14.5 Å². The summed E-state index contributed by atoms with van der Waals surface area (Å²) in [6, 6.07) is 5.71. The Kier molecular flexibility index (Phi) is 6.80. The first-order valence-electron chi connectivity index (χ1n) is 12.1. The molecular weight excluding hydrogens is 459 g/mol. The summed E-state index contributed by atoms with van der Waals surface area (Å²) in [7, 11) is 4.30. The monoisotopic (exact) mass is 488 g/mol. The fraction of sp³-hybridized carbons (Fsp3) is 0.321. The lowest BCUT2D eigenvalue weighted by Gasteiger charge is -2.20. The van der Waals surface area contributed by atoms with Gasteiger partial charge in [0.05, 0.1) is 16.7 Å². The molecule has 2 aromatic rings. The number of hydrogen-bond acceptors (Lipinski definition) is 6. The molecule has 0 spiro atoms. The molecule has 1 aromatic heterocycles. The third kappa shape index (κ3) is 5.15. The van der Waals surface area contributed by atoms with E-state index in [1.54, 1.807) is 12.3 Å². The highest BCUT2D eigenvalue weighted by atomic mass is 19.1. The largest absolute Gasteiger partial charge is 0.454 e. The van der Waals surface area contributed by atoms with Gasteiger partial charge in [-0.2, -0.15) is 0 Å². The average molecular weight is 489 g/mol. The van der Waals surface area contributed by atoms with Crippen LogP contribution in [-0.4, -0.2) is 59.5 Å². The topological polar surface area (TPSA) is 71.7 Å². The molecule has 1 unspecified atom stereocenters. The summed E-state index contributed by atoms with van der Waals surface area (Å²) in [6.07, 6.45) is 15.3. The van der Waals surface area contributed by atoms with E-state index in [1.165, 1.54) is 24.1 Å². The first kappa shape index (κ1) is 24.1. The van der Waals surface area contributed by atoms with Crippen molar-refractivity contribution >= 4 is 11.8 Å². The molecule has 3 aliphatic rings. The van der Waals surface area contributed by atoms with E-state index < -0.39 is 10.7 Å². The van der Waals surface area contributed by atoms with Crippen LogP contribution in [-0.2, 0) is 6.42 Å². The van der Waals surface area contributed by atoms with Gasteiger partial charge in [-0.1, -0.05) is 24.3 Å². The van der Waals surface area contributed by atoms with Gasteiger partial charge in [-0.25, -0.2) is 4.39 Å². The third-order valence-corrected chi connectivity index (χ3v) is 7.02. The number of benzene rings is 1. The van der Waals surface area contributed by atoms with Crippen LogP contribution in [0.15, 0.2) is 71.5 Å². The lowest BCUT2D eigenvalue weighted by Crippen LogP contribution is -2.32. The minimum Gasteiger partial charge on any atom is -0.454 e. The number of nitro benzene ring substituents is 1. The van der Waals surface area contributed by atoms with E-state index in [2.05, 4.69) is 59.3 Å². The van der Waals surface area contributed by atoms with Crippen molar-refractivity contribution in [2.75, 3.05) is 33.7 Å². The van der Waals surface area contributed by atoms with Crippen molar-refractivity contribution < 1.29 is 14.1 Å². The van der Waals surface area contributed by atoms with E-state index in [-0.39, 0.29) is 11.4 Å². The van der Waals surface area contributed by atoms with Gasteiger partial charge in [0.1, 0.15) is 5.75 Å². The number of halogens is 1. The van der Waals surface area contributed by atoms with Gasteiger partial charge in [-0.15, -0.1) is 0 Å². The van der Waals surface area contributed by atoms with Crippen molar-refractivity contribution in [3.63, 3.8) is 0 Å². The second-order valence-electron chi connectivity index (χ2n) is 9.64. The van der Waals surface area contributed by atoms with Crippen molar-refractivity contribution in [3.05, 3.63) is 98.7 Å². The molecule has 1 aromatic carbocycles. The SMILES string of the molecule is CN(C)C1CCN(CC2=CCC=C(C3=Cc4nccc(Oc5ccc([N+](=O)[O-])cc5F)c4C3)C=C2)C1. The normalized spacial score (nSPS) is 19.6. The van der Waals surface area contributed by atoms with Crippen molar-refractivity contribution in [2.24, 2.45) is 0 Å². The Morgan fingerprint density at radius 3 is 2.83 bits per heavy atom. The number of nitro groups is 1. The van der Waals surface area contributed by atoms with Crippen LogP contribution in [0.5, 0.6) is 11.5 Å². The molecule has 1 aliphatic heterocycles. The van der Waals surface area contributed by atoms with Gasteiger partial charge < -0.3 is 9.64 Å². The van der Waals surface area contributed by atoms with Crippen molar-refractivity contribution in [1.29, 1.82) is 0 Å². The van der Waals surface area contributed by atoms with Gasteiger partial charge >= 0.3 is 0 Å². The van der Waals surface area contributed by atoms with Crippen LogP contribution in [0.4, 0.5) is 10.1 Å². The smallest absolute Gasteiger partial charge is 0.272 e. The van der Waals surface area contributed by atoms with E-state index in [0.717, 1.165) is 54.5 Å². The number of allylic oxidation sites excluding steroid dienone is 5. The molecule has 0 radical (unpaired) electrons. The summed E-state index contributed by atoms with van der Waals surface area (Å²) >= 11 is 0. The number of pyridine rings is 1. The van der Waals surface area contributed by atoms with Gasteiger partial charge in [0, 0.05) is 49.9 Å². The molecule has 7 nitrogen and oxygen atoms in total. The Labute approximate surface area is 210 Å². The molecule has 2 heterocycles. The highest BCUT2D eigenvalue weighted by molar-refractivity contribution is 5.70. The lowest BCUT2D eigenvalue weighted by atomic mass is 10.0. The Morgan fingerprint density at radius 2 is 2.08 bits per heavy atom. The number of nitrogens with zero attached hydrogens (tertiary/aromatic N) is 4.